The van der Waals surface area contributed by atoms with Crippen molar-refractivity contribution in [3.63, 3.8) is 0 Å². The number of hydrogen-bond acceptors (Lipinski definition) is 0. The van der Waals surface area contributed by atoms with Gasteiger partial charge in [0.1, 0.15) is 9.17 Å². The normalized spacial score (nSPS) is 12.6. The molecule has 0 aromatic heterocycles. The molecule has 0 aromatic rings. The summed E-state index contributed by atoms with van der Waals surface area (Å²) in [6.07, 6.45) is 2.63. The maximum absolute atomic E-state index is 5.75. The van der Waals surface area contributed by atoms with E-state index in [0.717, 1.165) is 12.8 Å². The fourth-order valence-electron chi connectivity index (χ4n) is 0.522. The van der Waals surface area contributed by atoms with E-state index < -0.39 is 9.17 Å². The lowest BCUT2D eigenvalue weighted by molar-refractivity contribution is 0.660. The Labute approximate surface area is 81.8 Å². The summed E-state index contributed by atoms with van der Waals surface area (Å²) in [7, 11) is 0. The molecule has 4 heteroatoms. The Morgan fingerprint density at radius 1 is 1.30 bits per heavy atom. The summed E-state index contributed by atoms with van der Waals surface area (Å²) < 4.78 is -0.973. The van der Waals surface area contributed by atoms with Crippen LogP contribution >= 0.6 is 46.4 Å². The SMILES string of the molecule is CCCCC(Cl)(Cl)C(Cl)Cl. The summed E-state index contributed by atoms with van der Waals surface area (Å²) in [5.74, 6) is 0. The van der Waals surface area contributed by atoms with Gasteiger partial charge in [-0.2, -0.15) is 0 Å². The molecule has 0 saturated heterocycles. The van der Waals surface area contributed by atoms with E-state index in [2.05, 4.69) is 6.92 Å². The quantitative estimate of drug-likeness (QED) is 0.629. The van der Waals surface area contributed by atoms with Gasteiger partial charge in [0.15, 0.2) is 0 Å². The van der Waals surface area contributed by atoms with Crippen molar-refractivity contribution in [2.75, 3.05) is 0 Å². The minimum absolute atomic E-state index is 0.643. The standard InChI is InChI=1S/C6H10Cl4/c1-2-3-4-6(9,10)5(7)8/h5H,2-4H2,1H3. The molecule has 0 aliphatic heterocycles. The number of halogens is 4. The van der Waals surface area contributed by atoms with E-state index >= 15 is 0 Å². The van der Waals surface area contributed by atoms with Crippen LogP contribution < -0.4 is 0 Å². The molecule has 0 aliphatic rings. The van der Waals surface area contributed by atoms with Crippen molar-refractivity contribution < 1.29 is 0 Å². The second-order valence-electron chi connectivity index (χ2n) is 2.17. The molecule has 0 aliphatic carbocycles. The number of rotatable bonds is 4. The Bertz CT molecular complexity index is 89.7. The second-order valence-corrected chi connectivity index (χ2v) is 4.80. The van der Waals surface area contributed by atoms with Crippen molar-refractivity contribution in [3.05, 3.63) is 0 Å². The van der Waals surface area contributed by atoms with Crippen LogP contribution in [0.3, 0.4) is 0 Å². The molecule has 0 N–H and O–H groups in total. The average Bonchev–Trinajstić information content (AvgIpc) is 1.84. The first-order valence-corrected chi connectivity index (χ1v) is 4.79. The van der Waals surface area contributed by atoms with Crippen LogP contribution in [0.5, 0.6) is 0 Å². The van der Waals surface area contributed by atoms with E-state index in [4.69, 9.17) is 46.4 Å². The average molecular weight is 224 g/mol. The van der Waals surface area contributed by atoms with E-state index in [9.17, 15) is 0 Å². The molecule has 0 amide bonds. The molecule has 0 radical (unpaired) electrons. The molecule has 0 spiro atoms. The maximum Gasteiger partial charge on any atom is 0.148 e. The molecule has 0 saturated carbocycles. The molecule has 0 unspecified atom stereocenters. The van der Waals surface area contributed by atoms with Crippen LogP contribution in [0.2, 0.25) is 0 Å². The summed E-state index contributed by atoms with van der Waals surface area (Å²) in [6, 6.07) is 0. The summed E-state index contributed by atoms with van der Waals surface area (Å²) in [5, 5.41) is 0. The van der Waals surface area contributed by atoms with E-state index in [1.54, 1.807) is 0 Å². The molecule has 10 heavy (non-hydrogen) atoms. The summed E-state index contributed by atoms with van der Waals surface area (Å²) in [6.45, 7) is 2.06. The van der Waals surface area contributed by atoms with Crippen molar-refractivity contribution in [3.8, 4) is 0 Å². The molecular formula is C6H10Cl4. The van der Waals surface area contributed by atoms with Crippen LogP contribution in [0.25, 0.3) is 0 Å². The zero-order valence-corrected chi connectivity index (χ0v) is 8.73. The van der Waals surface area contributed by atoms with Crippen LogP contribution in [0.1, 0.15) is 26.2 Å². The predicted molar refractivity (Wildman–Crippen MR) is 49.5 cm³/mol. The Morgan fingerprint density at radius 2 is 1.80 bits per heavy atom. The van der Waals surface area contributed by atoms with Crippen molar-refractivity contribution in [1.29, 1.82) is 0 Å². The molecule has 0 aromatic carbocycles. The van der Waals surface area contributed by atoms with Gasteiger partial charge in [-0.25, -0.2) is 0 Å². The highest BCUT2D eigenvalue weighted by molar-refractivity contribution is 6.59. The molecule has 0 bridgehead atoms. The second kappa shape index (κ2) is 4.92. The van der Waals surface area contributed by atoms with Crippen molar-refractivity contribution in [1.82, 2.24) is 0 Å². The van der Waals surface area contributed by atoms with Gasteiger partial charge in [0.05, 0.1) is 0 Å². The van der Waals surface area contributed by atoms with Gasteiger partial charge >= 0.3 is 0 Å². The topological polar surface area (TPSA) is 0 Å². The minimum atomic E-state index is -0.973. The van der Waals surface area contributed by atoms with Gasteiger partial charge in [0.2, 0.25) is 0 Å². The summed E-state index contributed by atoms with van der Waals surface area (Å²) in [4.78, 5) is -0.706. The van der Waals surface area contributed by atoms with Crippen LogP contribution in [-0.4, -0.2) is 9.17 Å². The smallest absolute Gasteiger partial charge is 0.102 e. The lowest BCUT2D eigenvalue weighted by atomic mass is 10.2. The molecule has 0 fully saturated rings. The molecular weight excluding hydrogens is 214 g/mol. The van der Waals surface area contributed by atoms with Gasteiger partial charge in [-0.1, -0.05) is 43.0 Å². The van der Waals surface area contributed by atoms with Crippen LogP contribution in [0.4, 0.5) is 0 Å². The highest BCUT2D eigenvalue weighted by atomic mass is 35.5. The van der Waals surface area contributed by atoms with Crippen LogP contribution in [0.15, 0.2) is 0 Å². The molecule has 0 rings (SSSR count). The molecule has 62 valence electrons. The van der Waals surface area contributed by atoms with E-state index in [0.29, 0.717) is 6.42 Å². The lowest BCUT2D eigenvalue weighted by Crippen LogP contribution is -2.21. The maximum atomic E-state index is 5.75. The fourth-order valence-corrected chi connectivity index (χ4v) is 1.01. The van der Waals surface area contributed by atoms with Gasteiger partial charge in [-0.15, -0.1) is 23.2 Å². The molecule has 0 atom stereocenters. The van der Waals surface area contributed by atoms with E-state index in [-0.39, 0.29) is 0 Å². The Morgan fingerprint density at radius 3 is 2.10 bits per heavy atom. The monoisotopic (exact) mass is 222 g/mol. The van der Waals surface area contributed by atoms with Gasteiger partial charge < -0.3 is 0 Å². The Balaban J connectivity index is 3.63. The Kier molecular flexibility index (Phi) is 5.49. The van der Waals surface area contributed by atoms with E-state index in [1.807, 2.05) is 0 Å². The summed E-state index contributed by atoms with van der Waals surface area (Å²) >= 11 is 22.5. The number of hydrogen-bond donors (Lipinski definition) is 0. The van der Waals surface area contributed by atoms with Crippen LogP contribution in [0, 0.1) is 0 Å². The van der Waals surface area contributed by atoms with Gasteiger partial charge in [-0.3, -0.25) is 0 Å². The number of unbranched alkanes of at least 4 members (excludes halogenated alkanes) is 1. The summed E-state index contributed by atoms with van der Waals surface area (Å²) in [5.41, 5.74) is 0. The third kappa shape index (κ3) is 4.12. The van der Waals surface area contributed by atoms with Gasteiger partial charge in [0, 0.05) is 0 Å². The van der Waals surface area contributed by atoms with Gasteiger partial charge in [0.25, 0.3) is 0 Å². The highest BCUT2D eigenvalue weighted by Gasteiger charge is 2.30. The zero-order chi connectivity index (χ0) is 8.20. The predicted octanol–water partition coefficient (Wildman–Crippen LogP) is 4.15. The highest BCUT2D eigenvalue weighted by Crippen LogP contribution is 2.36. The third-order valence-corrected chi connectivity index (χ3v) is 3.19. The Hall–Kier alpha value is 1.16. The lowest BCUT2D eigenvalue weighted by Gasteiger charge is -2.19. The number of alkyl halides is 4. The first-order valence-electron chi connectivity index (χ1n) is 3.16. The fraction of sp³-hybridized carbons (Fsp3) is 1.00. The molecule has 0 heterocycles. The first kappa shape index (κ1) is 11.2. The first-order chi connectivity index (χ1) is 4.50. The van der Waals surface area contributed by atoms with Crippen molar-refractivity contribution in [2.24, 2.45) is 0 Å². The van der Waals surface area contributed by atoms with Crippen LogP contribution in [-0.2, 0) is 0 Å². The van der Waals surface area contributed by atoms with Crippen molar-refractivity contribution in [2.45, 2.75) is 35.4 Å². The zero-order valence-electron chi connectivity index (χ0n) is 5.71. The van der Waals surface area contributed by atoms with E-state index in [1.165, 1.54) is 0 Å². The minimum Gasteiger partial charge on any atom is -0.102 e. The van der Waals surface area contributed by atoms with Gasteiger partial charge in [-0.05, 0) is 6.42 Å². The largest absolute Gasteiger partial charge is 0.148 e. The third-order valence-electron chi connectivity index (χ3n) is 1.18. The molecule has 0 nitrogen and oxygen atoms in total. The van der Waals surface area contributed by atoms with Crippen molar-refractivity contribution >= 4 is 46.4 Å².